The second-order valence-electron chi connectivity index (χ2n) is 5.71. The first-order valence-electron chi connectivity index (χ1n) is 7.90. The Morgan fingerprint density at radius 2 is 1.83 bits per heavy atom. The van der Waals surface area contributed by atoms with Crippen molar-refractivity contribution in [2.24, 2.45) is 0 Å². The third-order valence-corrected chi connectivity index (χ3v) is 3.82. The van der Waals surface area contributed by atoms with Gasteiger partial charge in [-0.1, -0.05) is 17.7 Å². The minimum atomic E-state index is -4.59. The van der Waals surface area contributed by atoms with Gasteiger partial charge in [-0.25, -0.2) is 13.8 Å². The second-order valence-corrected chi connectivity index (χ2v) is 6.15. The van der Waals surface area contributed by atoms with Crippen LogP contribution in [0.1, 0.15) is 15.9 Å². The van der Waals surface area contributed by atoms with Gasteiger partial charge >= 0.3 is 6.18 Å². The number of carbonyl (C=O) groups excluding carboxylic acids is 1. The maximum absolute atomic E-state index is 13.8. The number of halogens is 6. The van der Waals surface area contributed by atoms with Gasteiger partial charge in [0.1, 0.15) is 22.9 Å². The largest absolute Gasteiger partial charge is 0.438 e. The van der Waals surface area contributed by atoms with E-state index in [0.717, 1.165) is 42.6 Å². The van der Waals surface area contributed by atoms with Crippen LogP contribution in [0.4, 0.5) is 27.6 Å². The number of alkyl halides is 3. The molecule has 0 saturated carbocycles. The van der Waals surface area contributed by atoms with Crippen LogP contribution in [-0.4, -0.2) is 10.9 Å². The van der Waals surface area contributed by atoms with Crippen molar-refractivity contribution in [3.05, 3.63) is 82.5 Å². The van der Waals surface area contributed by atoms with Crippen LogP contribution in [0.15, 0.2) is 54.7 Å². The Morgan fingerprint density at radius 3 is 2.52 bits per heavy atom. The van der Waals surface area contributed by atoms with Gasteiger partial charge in [0, 0.05) is 12.3 Å². The van der Waals surface area contributed by atoms with Crippen molar-refractivity contribution in [3.8, 4) is 11.6 Å². The summed E-state index contributed by atoms with van der Waals surface area (Å²) in [6.45, 7) is 0. The minimum absolute atomic E-state index is 0.0334. The molecule has 0 aliphatic rings. The van der Waals surface area contributed by atoms with Gasteiger partial charge in [-0.15, -0.1) is 0 Å². The summed E-state index contributed by atoms with van der Waals surface area (Å²) in [6.07, 6.45) is -3.47. The molecule has 0 unspecified atom stereocenters. The standard InChI is InChI=1S/C19H10ClF5N2O2/c20-11-7-14(17(28)27-16-5-4-12(21)8-15(16)22)18(26-9-11)29-13-3-1-2-10(6-13)19(23,24)25/h1-9H,(H,27,28). The van der Waals surface area contributed by atoms with Crippen molar-refractivity contribution < 1.29 is 31.5 Å². The molecule has 1 heterocycles. The van der Waals surface area contributed by atoms with E-state index in [0.29, 0.717) is 6.07 Å². The molecule has 1 aromatic heterocycles. The summed E-state index contributed by atoms with van der Waals surface area (Å²) in [6, 6.07) is 7.63. The maximum Gasteiger partial charge on any atom is 0.416 e. The number of pyridine rings is 1. The maximum atomic E-state index is 13.8. The fourth-order valence-electron chi connectivity index (χ4n) is 2.30. The van der Waals surface area contributed by atoms with Gasteiger partial charge < -0.3 is 10.1 Å². The molecule has 10 heteroatoms. The molecule has 0 fully saturated rings. The van der Waals surface area contributed by atoms with Gasteiger partial charge in [-0.05, 0) is 36.4 Å². The fraction of sp³-hybridized carbons (Fsp3) is 0.0526. The summed E-state index contributed by atoms with van der Waals surface area (Å²) in [7, 11) is 0. The highest BCUT2D eigenvalue weighted by molar-refractivity contribution is 6.31. The highest BCUT2D eigenvalue weighted by Crippen LogP contribution is 2.33. The quantitative estimate of drug-likeness (QED) is 0.513. The van der Waals surface area contributed by atoms with Crippen molar-refractivity contribution in [1.82, 2.24) is 4.98 Å². The van der Waals surface area contributed by atoms with E-state index in [9.17, 15) is 26.7 Å². The monoisotopic (exact) mass is 428 g/mol. The van der Waals surface area contributed by atoms with Crippen LogP contribution in [0.5, 0.6) is 11.6 Å². The second kappa shape index (κ2) is 8.04. The molecule has 2 aromatic carbocycles. The molecular formula is C19H10ClF5N2O2. The average Bonchev–Trinajstić information content (AvgIpc) is 2.65. The van der Waals surface area contributed by atoms with Crippen molar-refractivity contribution in [2.45, 2.75) is 6.18 Å². The van der Waals surface area contributed by atoms with Crippen LogP contribution in [0, 0.1) is 11.6 Å². The number of hydrogen-bond donors (Lipinski definition) is 1. The molecule has 0 aliphatic heterocycles. The molecule has 0 atom stereocenters. The van der Waals surface area contributed by atoms with Crippen LogP contribution in [0.3, 0.4) is 0 Å². The number of ether oxygens (including phenoxy) is 1. The number of hydrogen-bond acceptors (Lipinski definition) is 3. The molecule has 0 spiro atoms. The van der Waals surface area contributed by atoms with Crippen LogP contribution in [0.25, 0.3) is 0 Å². The molecule has 0 radical (unpaired) electrons. The lowest BCUT2D eigenvalue weighted by Gasteiger charge is -2.13. The van der Waals surface area contributed by atoms with Gasteiger partial charge in [0.15, 0.2) is 0 Å². The van der Waals surface area contributed by atoms with Crippen LogP contribution in [0.2, 0.25) is 5.02 Å². The molecule has 1 N–H and O–H groups in total. The molecule has 150 valence electrons. The van der Waals surface area contributed by atoms with Gasteiger partial charge in [-0.2, -0.15) is 13.2 Å². The lowest BCUT2D eigenvalue weighted by atomic mass is 10.2. The smallest absolute Gasteiger partial charge is 0.416 e. The Morgan fingerprint density at radius 1 is 1.07 bits per heavy atom. The highest BCUT2D eigenvalue weighted by atomic mass is 35.5. The molecule has 0 bridgehead atoms. The number of anilines is 1. The predicted molar refractivity (Wildman–Crippen MR) is 95.1 cm³/mol. The lowest BCUT2D eigenvalue weighted by Crippen LogP contribution is -2.15. The van der Waals surface area contributed by atoms with Crippen LogP contribution >= 0.6 is 11.6 Å². The van der Waals surface area contributed by atoms with E-state index >= 15 is 0 Å². The lowest BCUT2D eigenvalue weighted by molar-refractivity contribution is -0.137. The SMILES string of the molecule is O=C(Nc1ccc(F)cc1F)c1cc(Cl)cnc1Oc1cccc(C(F)(F)F)c1. The van der Waals surface area contributed by atoms with E-state index in [1.54, 1.807) is 0 Å². The summed E-state index contributed by atoms with van der Waals surface area (Å²) < 4.78 is 70.7. The van der Waals surface area contributed by atoms with Gasteiger partial charge in [-0.3, -0.25) is 4.79 Å². The Hall–Kier alpha value is -3.20. The van der Waals surface area contributed by atoms with Gasteiger partial charge in [0.05, 0.1) is 16.3 Å². The number of carbonyl (C=O) groups is 1. The van der Waals surface area contributed by atoms with Crippen molar-refractivity contribution in [3.63, 3.8) is 0 Å². The summed E-state index contributed by atoms with van der Waals surface area (Å²) in [5, 5.41) is 2.24. The van der Waals surface area contributed by atoms with E-state index in [1.807, 2.05) is 0 Å². The molecule has 3 rings (SSSR count). The third-order valence-electron chi connectivity index (χ3n) is 3.62. The summed E-state index contributed by atoms with van der Waals surface area (Å²) >= 11 is 5.83. The Balaban J connectivity index is 1.91. The van der Waals surface area contributed by atoms with Crippen LogP contribution < -0.4 is 10.1 Å². The first-order chi connectivity index (χ1) is 13.6. The Bertz CT molecular complexity index is 1070. The van der Waals surface area contributed by atoms with E-state index in [-0.39, 0.29) is 27.9 Å². The van der Waals surface area contributed by atoms with E-state index in [2.05, 4.69) is 10.3 Å². The van der Waals surface area contributed by atoms with Crippen LogP contribution in [-0.2, 0) is 6.18 Å². The topological polar surface area (TPSA) is 51.2 Å². The van der Waals surface area contributed by atoms with E-state index in [4.69, 9.17) is 16.3 Å². The number of amides is 1. The molecule has 3 aromatic rings. The minimum Gasteiger partial charge on any atom is -0.438 e. The zero-order valence-corrected chi connectivity index (χ0v) is 15.0. The first kappa shape index (κ1) is 20.5. The van der Waals surface area contributed by atoms with Crippen molar-refractivity contribution in [1.29, 1.82) is 0 Å². The zero-order valence-electron chi connectivity index (χ0n) is 14.2. The summed E-state index contributed by atoms with van der Waals surface area (Å²) in [5.41, 5.74) is -1.54. The number of rotatable bonds is 4. The molecule has 29 heavy (non-hydrogen) atoms. The van der Waals surface area contributed by atoms with Crippen molar-refractivity contribution >= 4 is 23.2 Å². The molecule has 4 nitrogen and oxygen atoms in total. The molecule has 1 amide bonds. The third kappa shape index (κ3) is 5.00. The summed E-state index contributed by atoms with van der Waals surface area (Å²) in [5.74, 6) is -3.34. The normalized spacial score (nSPS) is 11.2. The van der Waals surface area contributed by atoms with E-state index in [1.165, 1.54) is 6.07 Å². The van der Waals surface area contributed by atoms with E-state index < -0.39 is 29.3 Å². The number of nitrogens with one attached hydrogen (secondary N) is 1. The Kier molecular flexibility index (Phi) is 5.69. The molecule has 0 aliphatic carbocycles. The summed E-state index contributed by atoms with van der Waals surface area (Å²) in [4.78, 5) is 16.3. The molecule has 0 saturated heterocycles. The fourth-order valence-corrected chi connectivity index (χ4v) is 2.46. The van der Waals surface area contributed by atoms with Gasteiger partial charge in [0.2, 0.25) is 5.88 Å². The van der Waals surface area contributed by atoms with Gasteiger partial charge in [0.25, 0.3) is 5.91 Å². The Labute approximate surface area is 165 Å². The molecular weight excluding hydrogens is 419 g/mol. The number of nitrogens with zero attached hydrogens (tertiary/aromatic N) is 1. The average molecular weight is 429 g/mol. The highest BCUT2D eigenvalue weighted by Gasteiger charge is 2.30. The zero-order chi connectivity index (χ0) is 21.2. The first-order valence-corrected chi connectivity index (χ1v) is 8.28. The number of aromatic nitrogens is 1. The number of benzene rings is 2. The van der Waals surface area contributed by atoms with Crippen molar-refractivity contribution in [2.75, 3.05) is 5.32 Å². The predicted octanol–water partition coefficient (Wildman–Crippen LogP) is 6.08.